The van der Waals surface area contributed by atoms with Crippen molar-refractivity contribution < 1.29 is 9.84 Å². The van der Waals surface area contributed by atoms with Gasteiger partial charge in [-0.3, -0.25) is 14.3 Å². The molecule has 4 atom stereocenters. The number of hydrogen-bond donors (Lipinski definition) is 2. The van der Waals surface area contributed by atoms with E-state index in [4.69, 9.17) is 4.74 Å². The first-order valence-electron chi connectivity index (χ1n) is 6.11. The van der Waals surface area contributed by atoms with Gasteiger partial charge in [0, 0.05) is 17.7 Å². The zero-order chi connectivity index (χ0) is 13.4. The maximum absolute atomic E-state index is 11.8. The fourth-order valence-corrected chi connectivity index (χ4v) is 2.32. The fourth-order valence-electron chi connectivity index (χ4n) is 2.32. The van der Waals surface area contributed by atoms with Crippen molar-refractivity contribution in [3.63, 3.8) is 0 Å². The molecule has 0 bridgehead atoms. The average Bonchev–Trinajstić information content (AvgIpc) is 2.61. The van der Waals surface area contributed by atoms with Gasteiger partial charge in [0.2, 0.25) is 0 Å². The number of nitrogens with zero attached hydrogens (tertiary/aromatic N) is 1. The van der Waals surface area contributed by atoms with Crippen LogP contribution in [-0.4, -0.2) is 26.9 Å². The molecular weight excluding hydrogens is 236 g/mol. The van der Waals surface area contributed by atoms with Gasteiger partial charge in [0.1, 0.15) is 6.23 Å². The summed E-state index contributed by atoms with van der Waals surface area (Å²) in [5.41, 5.74) is -0.458. The smallest absolute Gasteiger partial charge is 0.330 e. The third kappa shape index (κ3) is 2.02. The fraction of sp³-hybridized carbons (Fsp3) is 0.667. The lowest BCUT2D eigenvalue weighted by atomic mass is 10.0. The zero-order valence-electron chi connectivity index (χ0n) is 10.7. The summed E-state index contributed by atoms with van der Waals surface area (Å²) in [5, 5.41) is 9.99. The summed E-state index contributed by atoms with van der Waals surface area (Å²) >= 11 is 0. The molecule has 1 aliphatic heterocycles. The molecule has 1 aromatic heterocycles. The van der Waals surface area contributed by atoms with Crippen molar-refractivity contribution in [1.29, 1.82) is 0 Å². The number of ether oxygens (including phenoxy) is 1. The number of rotatable bonds is 2. The highest BCUT2D eigenvalue weighted by Crippen LogP contribution is 2.34. The minimum Gasteiger partial charge on any atom is -0.390 e. The molecule has 100 valence electrons. The predicted octanol–water partition coefficient (Wildman–Crippen LogP) is 0.149. The molecule has 1 fully saturated rings. The van der Waals surface area contributed by atoms with Gasteiger partial charge in [0.15, 0.2) is 0 Å². The molecule has 6 heteroatoms. The van der Waals surface area contributed by atoms with Crippen LogP contribution in [0.3, 0.4) is 0 Å². The first-order valence-corrected chi connectivity index (χ1v) is 6.11. The Kier molecular flexibility index (Phi) is 3.41. The van der Waals surface area contributed by atoms with E-state index in [1.165, 1.54) is 10.8 Å². The van der Waals surface area contributed by atoms with Crippen LogP contribution in [0.15, 0.2) is 15.8 Å². The molecule has 18 heavy (non-hydrogen) atoms. The van der Waals surface area contributed by atoms with Crippen molar-refractivity contribution in [3.8, 4) is 0 Å². The molecule has 2 N–H and O–H groups in total. The van der Waals surface area contributed by atoms with Gasteiger partial charge in [0.05, 0.1) is 12.2 Å². The van der Waals surface area contributed by atoms with Crippen LogP contribution in [0.25, 0.3) is 0 Å². The van der Waals surface area contributed by atoms with Crippen molar-refractivity contribution in [1.82, 2.24) is 9.55 Å². The van der Waals surface area contributed by atoms with Crippen LogP contribution < -0.4 is 11.2 Å². The molecule has 0 aromatic carbocycles. The largest absolute Gasteiger partial charge is 0.390 e. The van der Waals surface area contributed by atoms with Crippen molar-refractivity contribution in [2.45, 2.75) is 45.6 Å². The summed E-state index contributed by atoms with van der Waals surface area (Å²) in [7, 11) is 0. The van der Waals surface area contributed by atoms with Gasteiger partial charge in [-0.2, -0.15) is 0 Å². The van der Waals surface area contributed by atoms with Gasteiger partial charge >= 0.3 is 5.69 Å². The number of nitrogens with one attached hydrogen (secondary N) is 1. The van der Waals surface area contributed by atoms with Crippen LogP contribution in [0.5, 0.6) is 0 Å². The van der Waals surface area contributed by atoms with E-state index in [2.05, 4.69) is 4.98 Å². The lowest BCUT2D eigenvalue weighted by Gasteiger charge is -2.18. The molecule has 2 heterocycles. The highest BCUT2D eigenvalue weighted by Gasteiger charge is 2.41. The molecule has 6 nitrogen and oxygen atoms in total. The zero-order valence-corrected chi connectivity index (χ0v) is 10.7. The number of hydrogen-bond acceptors (Lipinski definition) is 4. The van der Waals surface area contributed by atoms with E-state index in [9.17, 15) is 14.7 Å². The van der Waals surface area contributed by atoms with E-state index >= 15 is 0 Å². The standard InChI is InChI=1S/C12H18N2O4/c1-4-8-9(15)7(3)11(18-8)14-5-6(2)10(16)13-12(14)17/h5,7-9,11,15H,4H2,1-3H3,(H,13,16,17)/t7-,8+,9?,11+/m0/s1. The molecule has 2 rings (SSSR count). The molecular formula is C12H18N2O4. The molecule has 0 saturated carbocycles. The van der Waals surface area contributed by atoms with E-state index in [0.717, 1.165) is 0 Å². The Bertz CT molecular complexity index is 548. The Balaban J connectivity index is 2.42. The molecule has 1 unspecified atom stereocenters. The molecule has 1 aliphatic rings. The van der Waals surface area contributed by atoms with Crippen molar-refractivity contribution in [2.75, 3.05) is 0 Å². The molecule has 0 radical (unpaired) electrons. The van der Waals surface area contributed by atoms with Gasteiger partial charge < -0.3 is 9.84 Å². The van der Waals surface area contributed by atoms with Gasteiger partial charge in [-0.15, -0.1) is 0 Å². The minimum atomic E-state index is -0.598. The molecule has 0 amide bonds. The first kappa shape index (κ1) is 13.0. The third-order valence-corrected chi connectivity index (χ3v) is 3.51. The predicted molar refractivity (Wildman–Crippen MR) is 65.4 cm³/mol. The molecule has 0 aliphatic carbocycles. The summed E-state index contributed by atoms with van der Waals surface area (Å²) in [6, 6.07) is 0. The van der Waals surface area contributed by atoms with Crippen LogP contribution in [0, 0.1) is 12.8 Å². The Morgan fingerprint density at radius 2 is 2.17 bits per heavy atom. The van der Waals surface area contributed by atoms with Crippen LogP contribution >= 0.6 is 0 Å². The number of aliphatic hydroxyl groups excluding tert-OH is 1. The van der Waals surface area contributed by atoms with Gasteiger partial charge in [-0.05, 0) is 13.3 Å². The van der Waals surface area contributed by atoms with Crippen molar-refractivity contribution in [3.05, 3.63) is 32.6 Å². The summed E-state index contributed by atoms with van der Waals surface area (Å²) in [4.78, 5) is 25.3. The van der Waals surface area contributed by atoms with Crippen LogP contribution in [0.4, 0.5) is 0 Å². The Morgan fingerprint density at radius 3 is 2.72 bits per heavy atom. The van der Waals surface area contributed by atoms with Crippen LogP contribution in [0.1, 0.15) is 32.1 Å². The minimum absolute atomic E-state index is 0.196. The third-order valence-electron chi connectivity index (χ3n) is 3.51. The summed E-state index contributed by atoms with van der Waals surface area (Å²) in [5.74, 6) is -0.196. The first-order chi connectivity index (χ1) is 8.45. The molecule has 0 spiro atoms. The summed E-state index contributed by atoms with van der Waals surface area (Å²) in [6.45, 7) is 5.38. The number of aromatic amines is 1. The van der Waals surface area contributed by atoms with Crippen molar-refractivity contribution in [2.24, 2.45) is 5.92 Å². The maximum Gasteiger partial charge on any atom is 0.330 e. The number of aliphatic hydroxyl groups is 1. The normalized spacial score (nSPS) is 31.8. The number of H-pyrrole nitrogens is 1. The summed E-state index contributed by atoms with van der Waals surface area (Å²) < 4.78 is 7.04. The van der Waals surface area contributed by atoms with E-state index in [-0.39, 0.29) is 12.0 Å². The van der Waals surface area contributed by atoms with E-state index in [1.807, 2.05) is 13.8 Å². The Hall–Kier alpha value is -1.40. The summed E-state index contributed by atoms with van der Waals surface area (Å²) in [6.07, 6.45) is 0.753. The molecule has 1 aromatic rings. The Morgan fingerprint density at radius 1 is 1.50 bits per heavy atom. The Labute approximate surface area is 104 Å². The van der Waals surface area contributed by atoms with Crippen molar-refractivity contribution >= 4 is 0 Å². The highest BCUT2D eigenvalue weighted by atomic mass is 16.5. The molecule has 1 saturated heterocycles. The van der Waals surface area contributed by atoms with Crippen LogP contribution in [-0.2, 0) is 4.74 Å². The monoisotopic (exact) mass is 254 g/mol. The van der Waals surface area contributed by atoms with E-state index < -0.39 is 23.6 Å². The second-order valence-corrected chi connectivity index (χ2v) is 4.80. The number of aromatic nitrogens is 2. The van der Waals surface area contributed by atoms with Gasteiger partial charge in [-0.1, -0.05) is 13.8 Å². The lowest BCUT2D eigenvalue weighted by Crippen LogP contribution is -2.35. The lowest BCUT2D eigenvalue weighted by molar-refractivity contribution is -0.0250. The van der Waals surface area contributed by atoms with E-state index in [1.54, 1.807) is 6.92 Å². The second kappa shape index (κ2) is 4.70. The maximum atomic E-state index is 11.8. The van der Waals surface area contributed by atoms with E-state index in [0.29, 0.717) is 12.0 Å². The topological polar surface area (TPSA) is 84.3 Å². The quantitative estimate of drug-likeness (QED) is 0.786. The SMILES string of the molecule is CC[C@H]1O[C@@H](n2cc(C)c(=O)[nH]c2=O)[C@@H](C)C1O. The highest BCUT2D eigenvalue weighted by molar-refractivity contribution is 5.02. The average molecular weight is 254 g/mol. The van der Waals surface area contributed by atoms with Gasteiger partial charge in [-0.25, -0.2) is 4.79 Å². The second-order valence-electron chi connectivity index (χ2n) is 4.80. The number of aryl methyl sites for hydroxylation is 1. The van der Waals surface area contributed by atoms with Gasteiger partial charge in [0.25, 0.3) is 5.56 Å². The van der Waals surface area contributed by atoms with Crippen LogP contribution in [0.2, 0.25) is 0 Å².